The lowest BCUT2D eigenvalue weighted by molar-refractivity contribution is 0.521. The molecule has 0 saturated heterocycles. The number of benzene rings is 1. The lowest BCUT2D eigenvalue weighted by atomic mass is 10.1. The number of rotatable bonds is 2. The predicted molar refractivity (Wildman–Crippen MR) is 60.9 cm³/mol. The number of nitrogens with zero attached hydrogens (tertiary/aromatic N) is 2. The average molecular weight is 188 g/mol. The smallest absolute Gasteiger partial charge is 0.0899 e. The van der Waals surface area contributed by atoms with Crippen molar-refractivity contribution in [1.29, 1.82) is 0 Å². The Balaban J connectivity index is 2.08. The molecule has 0 bridgehead atoms. The van der Waals surface area contributed by atoms with Crippen molar-refractivity contribution in [2.24, 2.45) is 10.9 Å². The van der Waals surface area contributed by atoms with Gasteiger partial charge in [-0.15, -0.1) is 0 Å². The molecule has 0 radical (unpaired) electrons. The van der Waals surface area contributed by atoms with Crippen LogP contribution < -0.4 is 4.90 Å². The Hall–Kier alpha value is -1.31. The summed E-state index contributed by atoms with van der Waals surface area (Å²) in [6.45, 7) is 5.45. The van der Waals surface area contributed by atoms with E-state index in [1.165, 1.54) is 5.69 Å². The first-order chi connectivity index (χ1) is 6.77. The van der Waals surface area contributed by atoms with Crippen molar-refractivity contribution >= 4 is 12.0 Å². The van der Waals surface area contributed by atoms with Gasteiger partial charge in [0.05, 0.1) is 12.4 Å². The molecule has 1 aliphatic rings. The van der Waals surface area contributed by atoms with Crippen LogP contribution in [0.3, 0.4) is 0 Å². The lowest BCUT2D eigenvalue weighted by Gasteiger charge is -2.17. The van der Waals surface area contributed by atoms with Gasteiger partial charge in [0.1, 0.15) is 0 Å². The third kappa shape index (κ3) is 1.79. The summed E-state index contributed by atoms with van der Waals surface area (Å²) in [5, 5.41) is 0. The molecule has 0 amide bonds. The molecule has 0 unspecified atom stereocenters. The Morgan fingerprint density at radius 2 is 2.00 bits per heavy atom. The predicted octanol–water partition coefficient (Wildman–Crippen LogP) is 2.56. The van der Waals surface area contributed by atoms with Gasteiger partial charge in [-0.1, -0.05) is 32.0 Å². The molecule has 1 aliphatic heterocycles. The SMILES string of the molecule is CC(C)[C@H]1CN(c2ccccc2)C=N1. The first-order valence-electron chi connectivity index (χ1n) is 5.12. The summed E-state index contributed by atoms with van der Waals surface area (Å²) in [6, 6.07) is 10.9. The summed E-state index contributed by atoms with van der Waals surface area (Å²) in [4.78, 5) is 6.71. The third-order valence-electron chi connectivity index (χ3n) is 2.64. The van der Waals surface area contributed by atoms with E-state index in [1.807, 2.05) is 12.4 Å². The standard InChI is InChI=1S/C12H16N2/c1-10(2)12-8-14(9-13-12)11-6-4-3-5-7-11/h3-7,9-10,12H,8H2,1-2H3/t12-/m1/s1. The van der Waals surface area contributed by atoms with E-state index in [9.17, 15) is 0 Å². The third-order valence-corrected chi connectivity index (χ3v) is 2.64. The molecule has 0 fully saturated rings. The van der Waals surface area contributed by atoms with E-state index in [0.29, 0.717) is 12.0 Å². The van der Waals surface area contributed by atoms with Crippen LogP contribution in [0.5, 0.6) is 0 Å². The van der Waals surface area contributed by atoms with E-state index in [2.05, 4.69) is 48.0 Å². The summed E-state index contributed by atoms with van der Waals surface area (Å²) < 4.78 is 0. The van der Waals surface area contributed by atoms with Crippen LogP contribution in [0.4, 0.5) is 5.69 Å². The van der Waals surface area contributed by atoms with E-state index in [-0.39, 0.29) is 0 Å². The van der Waals surface area contributed by atoms with Gasteiger partial charge in [0, 0.05) is 12.2 Å². The van der Waals surface area contributed by atoms with Gasteiger partial charge in [0.25, 0.3) is 0 Å². The zero-order chi connectivity index (χ0) is 9.97. The van der Waals surface area contributed by atoms with Gasteiger partial charge in [-0.2, -0.15) is 0 Å². The Labute approximate surface area is 85.3 Å². The van der Waals surface area contributed by atoms with Gasteiger partial charge >= 0.3 is 0 Å². The molecule has 1 aromatic carbocycles. The summed E-state index contributed by atoms with van der Waals surface area (Å²) in [6.07, 6.45) is 1.96. The van der Waals surface area contributed by atoms with Crippen LogP contribution in [0.2, 0.25) is 0 Å². The minimum absolute atomic E-state index is 0.454. The molecular formula is C12H16N2. The van der Waals surface area contributed by atoms with Crippen molar-refractivity contribution in [3.05, 3.63) is 30.3 Å². The highest BCUT2D eigenvalue weighted by atomic mass is 15.2. The topological polar surface area (TPSA) is 15.6 Å². The van der Waals surface area contributed by atoms with Crippen molar-refractivity contribution in [3.63, 3.8) is 0 Å². The van der Waals surface area contributed by atoms with Crippen molar-refractivity contribution in [2.75, 3.05) is 11.4 Å². The van der Waals surface area contributed by atoms with E-state index in [4.69, 9.17) is 0 Å². The molecule has 0 spiro atoms. The summed E-state index contributed by atoms with van der Waals surface area (Å²) in [5.41, 5.74) is 1.24. The maximum atomic E-state index is 4.49. The van der Waals surface area contributed by atoms with Crippen LogP contribution in [0, 0.1) is 5.92 Å². The molecule has 0 aliphatic carbocycles. The van der Waals surface area contributed by atoms with Gasteiger partial charge < -0.3 is 4.90 Å². The molecule has 14 heavy (non-hydrogen) atoms. The van der Waals surface area contributed by atoms with Gasteiger partial charge in [-0.3, -0.25) is 4.99 Å². The highest BCUT2D eigenvalue weighted by molar-refractivity contribution is 5.81. The maximum Gasteiger partial charge on any atom is 0.0899 e. The Kier molecular flexibility index (Phi) is 2.53. The first-order valence-corrected chi connectivity index (χ1v) is 5.12. The second-order valence-electron chi connectivity index (χ2n) is 4.06. The van der Waals surface area contributed by atoms with Crippen molar-refractivity contribution in [2.45, 2.75) is 19.9 Å². The lowest BCUT2D eigenvalue weighted by Crippen LogP contribution is -2.25. The molecule has 1 heterocycles. The fraction of sp³-hybridized carbons (Fsp3) is 0.417. The summed E-state index contributed by atoms with van der Waals surface area (Å²) in [5.74, 6) is 0.625. The van der Waals surface area contributed by atoms with Crippen LogP contribution >= 0.6 is 0 Å². The minimum atomic E-state index is 0.454. The molecule has 0 N–H and O–H groups in total. The minimum Gasteiger partial charge on any atom is -0.331 e. The van der Waals surface area contributed by atoms with Crippen LogP contribution in [0.1, 0.15) is 13.8 Å². The fourth-order valence-electron chi connectivity index (χ4n) is 1.64. The van der Waals surface area contributed by atoms with Crippen LogP contribution in [-0.4, -0.2) is 18.9 Å². The molecule has 2 nitrogen and oxygen atoms in total. The highest BCUT2D eigenvalue weighted by Gasteiger charge is 2.20. The molecular weight excluding hydrogens is 172 g/mol. The zero-order valence-corrected chi connectivity index (χ0v) is 8.72. The largest absolute Gasteiger partial charge is 0.331 e. The molecule has 2 rings (SSSR count). The first kappa shape index (κ1) is 9.25. The summed E-state index contributed by atoms with van der Waals surface area (Å²) >= 11 is 0. The molecule has 1 aromatic rings. The molecule has 0 saturated carbocycles. The number of hydrogen-bond donors (Lipinski definition) is 0. The Bertz CT molecular complexity index is 316. The monoisotopic (exact) mass is 188 g/mol. The Morgan fingerprint density at radius 1 is 1.29 bits per heavy atom. The number of aliphatic imine (C=N–C) groups is 1. The van der Waals surface area contributed by atoms with Crippen LogP contribution in [-0.2, 0) is 0 Å². The average Bonchev–Trinajstić information content (AvgIpc) is 2.68. The van der Waals surface area contributed by atoms with Gasteiger partial charge in [-0.05, 0) is 18.1 Å². The van der Waals surface area contributed by atoms with Crippen molar-refractivity contribution in [1.82, 2.24) is 0 Å². The van der Waals surface area contributed by atoms with Crippen LogP contribution in [0.25, 0.3) is 0 Å². The zero-order valence-electron chi connectivity index (χ0n) is 8.72. The van der Waals surface area contributed by atoms with E-state index < -0.39 is 0 Å². The van der Waals surface area contributed by atoms with Gasteiger partial charge in [-0.25, -0.2) is 0 Å². The normalized spacial score (nSPS) is 20.8. The molecule has 74 valence electrons. The van der Waals surface area contributed by atoms with Gasteiger partial charge in [0.15, 0.2) is 0 Å². The van der Waals surface area contributed by atoms with Crippen LogP contribution in [0.15, 0.2) is 35.3 Å². The van der Waals surface area contributed by atoms with E-state index in [0.717, 1.165) is 6.54 Å². The number of hydrogen-bond acceptors (Lipinski definition) is 2. The highest BCUT2D eigenvalue weighted by Crippen LogP contribution is 2.19. The van der Waals surface area contributed by atoms with E-state index in [1.54, 1.807) is 0 Å². The summed E-state index contributed by atoms with van der Waals surface area (Å²) in [7, 11) is 0. The molecule has 0 aromatic heterocycles. The maximum absolute atomic E-state index is 4.49. The molecule has 1 atom stereocenters. The second-order valence-corrected chi connectivity index (χ2v) is 4.06. The second kappa shape index (κ2) is 3.82. The van der Waals surface area contributed by atoms with Gasteiger partial charge in [0.2, 0.25) is 0 Å². The molecule has 2 heteroatoms. The van der Waals surface area contributed by atoms with E-state index >= 15 is 0 Å². The number of para-hydroxylation sites is 1. The fourth-order valence-corrected chi connectivity index (χ4v) is 1.64. The Morgan fingerprint density at radius 3 is 2.57 bits per heavy atom. The quantitative estimate of drug-likeness (QED) is 0.696. The van der Waals surface area contributed by atoms with Crippen molar-refractivity contribution < 1.29 is 0 Å². The van der Waals surface area contributed by atoms with Crippen molar-refractivity contribution in [3.8, 4) is 0 Å². The number of anilines is 1.